The van der Waals surface area contributed by atoms with Crippen LogP contribution in [-0.2, 0) is 4.79 Å². The van der Waals surface area contributed by atoms with Gasteiger partial charge in [-0.1, -0.05) is 41.9 Å². The first-order chi connectivity index (χ1) is 14.9. The maximum atomic E-state index is 12.7. The zero-order chi connectivity index (χ0) is 22.2. The topological polar surface area (TPSA) is 103 Å². The van der Waals surface area contributed by atoms with Crippen LogP contribution in [0.5, 0.6) is 17.2 Å². The van der Waals surface area contributed by atoms with Crippen LogP contribution in [0.2, 0.25) is 5.02 Å². The number of ether oxygens (including phenoxy) is 2. The molecule has 0 aliphatic rings. The number of carbonyl (C=O) groups excluding carboxylic acids is 2. The molecule has 3 aromatic carbocycles. The van der Waals surface area contributed by atoms with Crippen LogP contribution in [0.3, 0.4) is 0 Å². The second kappa shape index (κ2) is 10.4. The second-order valence-corrected chi connectivity index (χ2v) is 7.08. The molecular weight excluding hydrogens is 418 g/mol. The number of benzene rings is 3. The highest BCUT2D eigenvalue weighted by molar-refractivity contribution is 6.31. The highest BCUT2D eigenvalue weighted by atomic mass is 35.5. The summed E-state index contributed by atoms with van der Waals surface area (Å²) in [5.41, 5.74) is 6.43. The summed E-state index contributed by atoms with van der Waals surface area (Å²) in [4.78, 5) is 24.3. The van der Waals surface area contributed by atoms with E-state index < -0.39 is 12.1 Å². The Balaban J connectivity index is 1.77. The minimum absolute atomic E-state index is 0.0621. The summed E-state index contributed by atoms with van der Waals surface area (Å²) < 4.78 is 11.1. The lowest BCUT2D eigenvalue weighted by atomic mass is 10.0. The molecule has 0 aromatic heterocycles. The largest absolute Gasteiger partial charge is 0.495 e. The summed E-state index contributed by atoms with van der Waals surface area (Å²) in [6.07, 6.45) is -0.0621. The van der Waals surface area contributed by atoms with Crippen molar-refractivity contribution in [3.8, 4) is 17.2 Å². The van der Waals surface area contributed by atoms with Gasteiger partial charge in [-0.05, 0) is 48.0 Å². The van der Waals surface area contributed by atoms with E-state index in [1.54, 1.807) is 42.5 Å². The van der Waals surface area contributed by atoms with E-state index in [9.17, 15) is 9.59 Å². The molecule has 0 heterocycles. The zero-order valence-electron chi connectivity index (χ0n) is 16.8. The number of para-hydroxylation sites is 1. The molecule has 0 aliphatic heterocycles. The molecule has 160 valence electrons. The minimum Gasteiger partial charge on any atom is -0.495 e. The number of primary amides is 1. The van der Waals surface area contributed by atoms with Crippen LogP contribution in [0.1, 0.15) is 18.0 Å². The first-order valence-corrected chi connectivity index (χ1v) is 9.84. The smallest absolute Gasteiger partial charge is 0.312 e. The van der Waals surface area contributed by atoms with Crippen LogP contribution in [0, 0.1) is 0 Å². The van der Waals surface area contributed by atoms with Crippen LogP contribution < -0.4 is 25.8 Å². The van der Waals surface area contributed by atoms with Gasteiger partial charge in [0, 0.05) is 5.02 Å². The molecule has 0 aliphatic carbocycles. The summed E-state index contributed by atoms with van der Waals surface area (Å²) in [6, 6.07) is 19.9. The Hall–Kier alpha value is -3.71. The number of hydrogen-bond acceptors (Lipinski definition) is 4. The van der Waals surface area contributed by atoms with E-state index in [-0.39, 0.29) is 12.3 Å². The lowest BCUT2D eigenvalue weighted by Gasteiger charge is -2.19. The Morgan fingerprint density at radius 2 is 1.74 bits per heavy atom. The first kappa shape index (κ1) is 22.0. The normalized spacial score (nSPS) is 11.3. The van der Waals surface area contributed by atoms with Gasteiger partial charge in [0.15, 0.2) is 0 Å². The number of rotatable bonds is 8. The Morgan fingerprint density at radius 3 is 2.45 bits per heavy atom. The fourth-order valence-corrected chi connectivity index (χ4v) is 3.18. The molecule has 0 radical (unpaired) electrons. The SMILES string of the molecule is COc1ccc(Cl)cc1NC(=O)C[C@@H](NC(N)=O)c1cccc(Oc2ccccc2)c1. The molecule has 0 fully saturated rings. The Morgan fingerprint density at radius 1 is 1.00 bits per heavy atom. The van der Waals surface area contributed by atoms with Gasteiger partial charge in [-0.2, -0.15) is 0 Å². The van der Waals surface area contributed by atoms with Crippen LogP contribution in [-0.4, -0.2) is 19.0 Å². The second-order valence-electron chi connectivity index (χ2n) is 6.65. The molecule has 31 heavy (non-hydrogen) atoms. The van der Waals surface area contributed by atoms with Crippen molar-refractivity contribution in [1.29, 1.82) is 0 Å². The number of nitrogens with one attached hydrogen (secondary N) is 2. The summed E-state index contributed by atoms with van der Waals surface area (Å²) in [7, 11) is 1.49. The average Bonchev–Trinajstić information content (AvgIpc) is 2.74. The summed E-state index contributed by atoms with van der Waals surface area (Å²) in [6.45, 7) is 0. The highest BCUT2D eigenvalue weighted by Gasteiger charge is 2.19. The molecule has 0 saturated carbocycles. The molecule has 1 atom stereocenters. The maximum absolute atomic E-state index is 12.7. The van der Waals surface area contributed by atoms with Gasteiger partial charge in [-0.3, -0.25) is 4.79 Å². The van der Waals surface area contributed by atoms with E-state index in [0.29, 0.717) is 33.5 Å². The predicted molar refractivity (Wildman–Crippen MR) is 120 cm³/mol. The number of anilines is 1. The lowest BCUT2D eigenvalue weighted by molar-refractivity contribution is -0.116. The van der Waals surface area contributed by atoms with E-state index in [1.807, 2.05) is 30.3 Å². The molecule has 0 bridgehead atoms. The van der Waals surface area contributed by atoms with Crippen molar-refractivity contribution in [2.75, 3.05) is 12.4 Å². The quantitative estimate of drug-likeness (QED) is 0.465. The van der Waals surface area contributed by atoms with E-state index in [2.05, 4.69) is 10.6 Å². The third kappa shape index (κ3) is 6.38. The van der Waals surface area contributed by atoms with Gasteiger partial charge in [0.05, 0.1) is 25.3 Å². The molecule has 3 rings (SSSR count). The number of methoxy groups -OCH3 is 1. The summed E-state index contributed by atoms with van der Waals surface area (Å²) in [5.74, 6) is 1.35. The molecule has 8 heteroatoms. The standard InChI is InChI=1S/C23H22ClN3O4/c1-30-21-11-10-16(24)13-20(21)26-22(28)14-19(27-23(25)29)15-6-5-9-18(12-15)31-17-7-3-2-4-8-17/h2-13,19H,14H2,1H3,(H,26,28)(H3,25,27,29)/t19-/m1/s1. The van der Waals surface area contributed by atoms with Gasteiger partial charge in [-0.25, -0.2) is 4.79 Å². The van der Waals surface area contributed by atoms with Crippen molar-refractivity contribution in [2.45, 2.75) is 12.5 Å². The lowest BCUT2D eigenvalue weighted by Crippen LogP contribution is -2.35. The predicted octanol–water partition coefficient (Wildman–Crippen LogP) is 4.88. The van der Waals surface area contributed by atoms with Crippen LogP contribution >= 0.6 is 11.6 Å². The van der Waals surface area contributed by atoms with Gasteiger partial charge < -0.3 is 25.8 Å². The molecule has 3 aromatic rings. The fraction of sp³-hybridized carbons (Fsp3) is 0.130. The molecule has 3 amide bonds. The average molecular weight is 440 g/mol. The van der Waals surface area contributed by atoms with E-state index >= 15 is 0 Å². The van der Waals surface area contributed by atoms with Crippen molar-refractivity contribution in [3.63, 3.8) is 0 Å². The Bertz CT molecular complexity index is 1060. The van der Waals surface area contributed by atoms with Gasteiger partial charge in [-0.15, -0.1) is 0 Å². The number of hydrogen-bond donors (Lipinski definition) is 3. The zero-order valence-corrected chi connectivity index (χ0v) is 17.6. The third-order valence-corrected chi connectivity index (χ3v) is 4.62. The van der Waals surface area contributed by atoms with E-state index in [1.165, 1.54) is 7.11 Å². The summed E-state index contributed by atoms with van der Waals surface area (Å²) in [5, 5.41) is 5.82. The number of halogens is 1. The highest BCUT2D eigenvalue weighted by Crippen LogP contribution is 2.29. The Kier molecular flexibility index (Phi) is 7.35. The maximum Gasteiger partial charge on any atom is 0.312 e. The fourth-order valence-electron chi connectivity index (χ4n) is 3.01. The molecular formula is C23H22ClN3O4. The third-order valence-electron chi connectivity index (χ3n) is 4.38. The first-order valence-electron chi connectivity index (χ1n) is 9.47. The van der Waals surface area contributed by atoms with Crippen molar-refractivity contribution >= 4 is 29.2 Å². The molecule has 7 nitrogen and oxygen atoms in total. The van der Waals surface area contributed by atoms with Crippen LogP contribution in [0.4, 0.5) is 10.5 Å². The number of nitrogens with two attached hydrogens (primary N) is 1. The Labute approximate surface area is 185 Å². The van der Waals surface area contributed by atoms with Crippen molar-refractivity contribution in [3.05, 3.63) is 83.4 Å². The number of urea groups is 1. The molecule has 0 spiro atoms. The van der Waals surface area contributed by atoms with Crippen LogP contribution in [0.15, 0.2) is 72.8 Å². The van der Waals surface area contributed by atoms with Crippen LogP contribution in [0.25, 0.3) is 0 Å². The number of carbonyl (C=O) groups is 2. The monoisotopic (exact) mass is 439 g/mol. The molecule has 0 saturated heterocycles. The summed E-state index contributed by atoms with van der Waals surface area (Å²) >= 11 is 6.02. The van der Waals surface area contributed by atoms with Gasteiger partial charge in [0.25, 0.3) is 0 Å². The van der Waals surface area contributed by atoms with Crippen molar-refractivity contribution < 1.29 is 19.1 Å². The van der Waals surface area contributed by atoms with Gasteiger partial charge in [0.1, 0.15) is 17.2 Å². The van der Waals surface area contributed by atoms with Crippen molar-refractivity contribution in [1.82, 2.24) is 5.32 Å². The molecule has 0 unspecified atom stereocenters. The molecule has 4 N–H and O–H groups in total. The number of amides is 3. The van der Waals surface area contributed by atoms with Gasteiger partial charge in [0.2, 0.25) is 5.91 Å². The van der Waals surface area contributed by atoms with E-state index in [4.69, 9.17) is 26.8 Å². The van der Waals surface area contributed by atoms with Crippen molar-refractivity contribution in [2.24, 2.45) is 5.73 Å². The van der Waals surface area contributed by atoms with E-state index in [0.717, 1.165) is 0 Å². The van der Waals surface area contributed by atoms with Gasteiger partial charge >= 0.3 is 6.03 Å². The minimum atomic E-state index is -0.743.